The molecule has 2 saturated heterocycles. The van der Waals surface area contributed by atoms with Gasteiger partial charge in [0, 0.05) is 62.0 Å². The monoisotopic (exact) mass is 566 g/mol. The maximum atomic E-state index is 14.5. The van der Waals surface area contributed by atoms with Gasteiger partial charge in [-0.25, -0.2) is 0 Å². The van der Waals surface area contributed by atoms with Gasteiger partial charge in [0.2, 0.25) is 11.8 Å². The molecule has 5 rings (SSSR count). The minimum atomic E-state index is -0.867. The summed E-state index contributed by atoms with van der Waals surface area (Å²) in [6.45, 7) is 11.9. The molecule has 40 heavy (non-hydrogen) atoms. The third-order valence-corrected chi connectivity index (χ3v) is 10.8. The number of benzene rings is 1. The van der Waals surface area contributed by atoms with Crippen molar-refractivity contribution in [2.24, 2.45) is 11.8 Å². The van der Waals surface area contributed by atoms with Crippen LogP contribution in [-0.4, -0.2) is 94.0 Å². The van der Waals surface area contributed by atoms with E-state index in [9.17, 15) is 19.5 Å². The number of carbonyl (C=O) groups is 3. The summed E-state index contributed by atoms with van der Waals surface area (Å²) in [4.78, 5) is 50.4. The van der Waals surface area contributed by atoms with Crippen LogP contribution in [0.25, 0.3) is 0 Å². The van der Waals surface area contributed by atoms with Crippen LogP contribution in [0.2, 0.25) is 0 Å². The summed E-state index contributed by atoms with van der Waals surface area (Å²) in [5, 5.41) is 9.65. The van der Waals surface area contributed by atoms with E-state index < -0.39 is 27.4 Å². The smallest absolute Gasteiger partial charge is 0.251 e. The summed E-state index contributed by atoms with van der Waals surface area (Å²) in [7, 11) is 0. The molecule has 1 aromatic carbocycles. The predicted octanol–water partition coefficient (Wildman–Crippen LogP) is 3.31. The first kappa shape index (κ1) is 28.7. The Hall–Kier alpha value is -2.78. The Kier molecular flexibility index (Phi) is 8.08. The van der Waals surface area contributed by atoms with E-state index >= 15 is 0 Å². The maximum Gasteiger partial charge on any atom is 0.251 e. The second-order valence-electron chi connectivity index (χ2n) is 11.3. The Labute approximate surface area is 242 Å². The Morgan fingerprint density at radius 1 is 0.925 bits per heavy atom. The van der Waals surface area contributed by atoms with Crippen molar-refractivity contribution >= 4 is 40.9 Å². The first-order chi connectivity index (χ1) is 19.3. The fourth-order valence-electron chi connectivity index (χ4n) is 7.19. The number of aliphatic hydroxyl groups excluding tert-OH is 1. The quantitative estimate of drug-likeness (QED) is 0.462. The summed E-state index contributed by atoms with van der Waals surface area (Å²) in [6, 6.07) is 7.28. The molecule has 8 nitrogen and oxygen atoms in total. The lowest BCUT2D eigenvalue weighted by Crippen LogP contribution is -2.53. The predicted molar refractivity (Wildman–Crippen MR) is 160 cm³/mol. The van der Waals surface area contributed by atoms with Gasteiger partial charge in [-0.15, -0.1) is 11.8 Å². The zero-order valence-electron chi connectivity index (χ0n) is 24.1. The summed E-state index contributed by atoms with van der Waals surface area (Å²) in [6.07, 6.45) is 9.42. The molecule has 5 atom stereocenters. The number of fused-ring (bicyclic) bond motifs is 2. The normalized spacial score (nSPS) is 31.3. The molecule has 4 aliphatic rings. The fraction of sp³-hybridized carbons (Fsp3) is 0.581. The second kappa shape index (κ2) is 11.2. The molecule has 0 saturated carbocycles. The molecule has 9 heteroatoms. The van der Waals surface area contributed by atoms with Gasteiger partial charge in [0.05, 0.1) is 16.6 Å². The van der Waals surface area contributed by atoms with Crippen LogP contribution >= 0.6 is 11.8 Å². The lowest BCUT2D eigenvalue weighted by Gasteiger charge is -2.37. The highest BCUT2D eigenvalue weighted by Crippen LogP contribution is 2.65. The third kappa shape index (κ3) is 4.45. The minimum Gasteiger partial charge on any atom is -0.396 e. The van der Waals surface area contributed by atoms with Crippen LogP contribution < -0.4 is 9.80 Å². The summed E-state index contributed by atoms with van der Waals surface area (Å²) >= 11 is 1.60. The van der Waals surface area contributed by atoms with Crippen LogP contribution in [0.1, 0.15) is 40.5 Å². The number of hydrogen-bond donors (Lipinski definition) is 1. The van der Waals surface area contributed by atoms with E-state index in [1.807, 2.05) is 41.3 Å². The third-order valence-electron chi connectivity index (χ3n) is 8.98. The number of likely N-dealkylation sites (tertiary alicyclic amines) is 1. The van der Waals surface area contributed by atoms with E-state index in [1.165, 1.54) is 0 Å². The molecular weight excluding hydrogens is 524 g/mol. The van der Waals surface area contributed by atoms with Gasteiger partial charge in [0.15, 0.2) is 0 Å². The summed E-state index contributed by atoms with van der Waals surface area (Å²) < 4.78 is -1.47. The van der Waals surface area contributed by atoms with Crippen molar-refractivity contribution in [1.82, 2.24) is 9.80 Å². The molecular formula is C31H42N4O4S. The summed E-state index contributed by atoms with van der Waals surface area (Å²) in [5.74, 6) is -1.51. The highest BCUT2D eigenvalue weighted by atomic mass is 32.2. The van der Waals surface area contributed by atoms with Crippen molar-refractivity contribution in [2.75, 3.05) is 55.7 Å². The molecule has 0 bridgehead atoms. The first-order valence-corrected chi connectivity index (χ1v) is 15.5. The average molecular weight is 567 g/mol. The number of hydrogen-bond acceptors (Lipinski definition) is 6. The number of anilines is 2. The molecule has 0 aromatic heterocycles. The van der Waals surface area contributed by atoms with Gasteiger partial charge < -0.3 is 24.7 Å². The standard InChI is InChI=1S/C31H42N4O4S/c1-5-17-33-18-8-15-30(4)24(27(33)37)25-28(38)35(20-10-21-36)26-29(39)34(19-9-16-31(25,26)40-30)23-13-11-22(12-14-23)32(6-2)7-3/h8-9,11-16,24-26,36H,5-7,10,17-21H2,1-4H3/t24-,25-,26?,30+,31-/m0/s1. The van der Waals surface area contributed by atoms with Crippen molar-refractivity contribution in [3.05, 3.63) is 48.6 Å². The molecule has 3 amide bonds. The van der Waals surface area contributed by atoms with Crippen LogP contribution in [-0.2, 0) is 14.4 Å². The number of rotatable bonds is 9. The Morgan fingerprint density at radius 3 is 2.27 bits per heavy atom. The van der Waals surface area contributed by atoms with E-state index in [1.54, 1.807) is 21.6 Å². The van der Waals surface area contributed by atoms with Crippen molar-refractivity contribution in [1.29, 1.82) is 0 Å². The zero-order valence-corrected chi connectivity index (χ0v) is 24.9. The highest BCUT2D eigenvalue weighted by Gasteiger charge is 2.73. The Bertz CT molecular complexity index is 1200. The van der Waals surface area contributed by atoms with E-state index in [-0.39, 0.29) is 30.9 Å². The lowest BCUT2D eigenvalue weighted by atomic mass is 9.74. The van der Waals surface area contributed by atoms with Gasteiger partial charge in [-0.1, -0.05) is 31.2 Å². The molecule has 1 aromatic rings. The van der Waals surface area contributed by atoms with Crippen molar-refractivity contribution in [3.63, 3.8) is 0 Å². The number of amides is 3. The number of aliphatic hydroxyl groups is 1. The van der Waals surface area contributed by atoms with E-state index in [2.05, 4.69) is 44.7 Å². The zero-order chi connectivity index (χ0) is 28.7. The number of thioether (sulfide) groups is 1. The topological polar surface area (TPSA) is 84.4 Å². The molecule has 1 spiro atoms. The van der Waals surface area contributed by atoms with Crippen LogP contribution in [0.15, 0.2) is 48.6 Å². The lowest BCUT2D eigenvalue weighted by molar-refractivity contribution is -0.143. The minimum absolute atomic E-state index is 0.00576. The second-order valence-corrected chi connectivity index (χ2v) is 13.1. The summed E-state index contributed by atoms with van der Waals surface area (Å²) in [5.41, 5.74) is 1.89. The number of nitrogens with zero attached hydrogens (tertiary/aromatic N) is 4. The number of carbonyl (C=O) groups excluding carboxylic acids is 3. The SMILES string of the molecule is CCCN1CC=C[C@@]2(C)S[C@]34C=CCN(c5ccc(N(CC)CC)cc5)C(=O)C3N(CCCO)C(=O)[C@@H]4[C@H]2C1=O. The van der Waals surface area contributed by atoms with Crippen LogP contribution in [0.5, 0.6) is 0 Å². The van der Waals surface area contributed by atoms with Crippen LogP contribution in [0.4, 0.5) is 11.4 Å². The van der Waals surface area contributed by atoms with Gasteiger partial charge in [-0.05, 0) is 57.9 Å². The van der Waals surface area contributed by atoms with E-state index in [0.717, 1.165) is 30.9 Å². The molecule has 1 N–H and O–H groups in total. The highest BCUT2D eigenvalue weighted by molar-refractivity contribution is 8.02. The molecule has 1 unspecified atom stereocenters. The van der Waals surface area contributed by atoms with Gasteiger partial charge in [0.1, 0.15) is 6.04 Å². The van der Waals surface area contributed by atoms with Gasteiger partial charge in [0.25, 0.3) is 5.91 Å². The largest absolute Gasteiger partial charge is 0.396 e. The molecule has 0 radical (unpaired) electrons. The first-order valence-electron chi connectivity index (χ1n) is 14.7. The van der Waals surface area contributed by atoms with Gasteiger partial charge in [-0.2, -0.15) is 0 Å². The molecule has 4 aliphatic heterocycles. The van der Waals surface area contributed by atoms with Crippen LogP contribution in [0.3, 0.4) is 0 Å². The fourth-order valence-corrected chi connectivity index (χ4v) is 9.35. The average Bonchev–Trinajstić information content (AvgIpc) is 3.21. The molecule has 4 heterocycles. The van der Waals surface area contributed by atoms with Crippen LogP contribution in [0, 0.1) is 11.8 Å². The van der Waals surface area contributed by atoms with Crippen molar-refractivity contribution < 1.29 is 19.5 Å². The van der Waals surface area contributed by atoms with Crippen molar-refractivity contribution in [2.45, 2.75) is 56.1 Å². The molecule has 2 fully saturated rings. The molecule has 0 aliphatic carbocycles. The van der Waals surface area contributed by atoms with Crippen molar-refractivity contribution in [3.8, 4) is 0 Å². The Morgan fingerprint density at radius 2 is 1.62 bits per heavy atom. The van der Waals surface area contributed by atoms with E-state index in [0.29, 0.717) is 26.1 Å². The van der Waals surface area contributed by atoms with Gasteiger partial charge in [-0.3, -0.25) is 14.4 Å². The maximum absolute atomic E-state index is 14.5. The van der Waals surface area contributed by atoms with E-state index in [4.69, 9.17) is 0 Å². The molecule has 216 valence electrons. The Balaban J connectivity index is 1.56. The van der Waals surface area contributed by atoms with Gasteiger partial charge >= 0.3 is 0 Å².